The predicted octanol–water partition coefficient (Wildman–Crippen LogP) is 1.53. The van der Waals surface area contributed by atoms with Crippen LogP contribution in [-0.2, 0) is 13.1 Å². The second kappa shape index (κ2) is 4.03. The van der Waals surface area contributed by atoms with Gasteiger partial charge in [-0.15, -0.1) is 5.10 Å². The lowest BCUT2D eigenvalue weighted by atomic mass is 10.3. The molecule has 0 saturated heterocycles. The van der Waals surface area contributed by atoms with Gasteiger partial charge in [-0.3, -0.25) is 0 Å². The second-order valence-corrected chi connectivity index (χ2v) is 3.86. The van der Waals surface area contributed by atoms with Crippen LogP contribution in [0, 0.1) is 0 Å². The molecule has 1 aromatic carbocycles. The minimum atomic E-state index is 0.488. The molecule has 0 aliphatic heterocycles. The molecular formula is C12H12N4O. The van der Waals surface area contributed by atoms with Gasteiger partial charge in [0, 0.05) is 12.1 Å². The topological polar surface area (TPSA) is 69.9 Å². The maximum Gasteiger partial charge on any atom is 0.125 e. The summed E-state index contributed by atoms with van der Waals surface area (Å²) >= 11 is 0. The van der Waals surface area contributed by atoms with E-state index in [2.05, 4.69) is 10.3 Å². The fourth-order valence-corrected chi connectivity index (χ4v) is 1.80. The standard InChI is InChI=1S/C12H12N4O/c13-6-9-5-10(17-8-9)7-16-12-4-2-1-3-11(12)14-15-16/h1-5,8H,6-7,13H2. The predicted molar refractivity (Wildman–Crippen MR) is 63.2 cm³/mol. The van der Waals surface area contributed by atoms with E-state index in [9.17, 15) is 0 Å². The van der Waals surface area contributed by atoms with Crippen LogP contribution in [0.1, 0.15) is 11.3 Å². The summed E-state index contributed by atoms with van der Waals surface area (Å²) in [6.07, 6.45) is 1.68. The molecule has 0 amide bonds. The highest BCUT2D eigenvalue weighted by Crippen LogP contribution is 2.13. The summed E-state index contributed by atoms with van der Waals surface area (Å²) in [6.45, 7) is 1.06. The van der Waals surface area contributed by atoms with Crippen LogP contribution < -0.4 is 5.73 Å². The lowest BCUT2D eigenvalue weighted by Gasteiger charge is -1.98. The second-order valence-electron chi connectivity index (χ2n) is 3.86. The Morgan fingerprint density at radius 1 is 1.29 bits per heavy atom. The molecule has 3 rings (SSSR count). The van der Waals surface area contributed by atoms with Crippen LogP contribution in [0.5, 0.6) is 0 Å². The van der Waals surface area contributed by atoms with E-state index in [1.54, 1.807) is 6.26 Å². The van der Waals surface area contributed by atoms with E-state index in [1.807, 2.05) is 35.0 Å². The number of nitrogens with two attached hydrogens (primary N) is 1. The van der Waals surface area contributed by atoms with E-state index in [-0.39, 0.29) is 0 Å². The first-order chi connectivity index (χ1) is 8.36. The normalized spacial score (nSPS) is 11.1. The van der Waals surface area contributed by atoms with Gasteiger partial charge in [0.25, 0.3) is 0 Å². The molecule has 0 fully saturated rings. The Morgan fingerprint density at radius 3 is 3.00 bits per heavy atom. The van der Waals surface area contributed by atoms with E-state index >= 15 is 0 Å². The number of hydrogen-bond donors (Lipinski definition) is 1. The van der Waals surface area contributed by atoms with Gasteiger partial charge in [0.15, 0.2) is 0 Å². The number of para-hydroxylation sites is 1. The number of furan rings is 1. The Bertz CT molecular complexity index is 641. The fourth-order valence-electron chi connectivity index (χ4n) is 1.80. The van der Waals surface area contributed by atoms with Crippen LogP contribution in [0.25, 0.3) is 11.0 Å². The highest BCUT2D eigenvalue weighted by molar-refractivity contribution is 5.73. The van der Waals surface area contributed by atoms with Gasteiger partial charge in [0.05, 0.1) is 11.8 Å². The molecule has 0 spiro atoms. The highest BCUT2D eigenvalue weighted by Gasteiger charge is 2.06. The maximum atomic E-state index is 5.53. The first-order valence-electron chi connectivity index (χ1n) is 5.41. The Kier molecular flexibility index (Phi) is 2.38. The van der Waals surface area contributed by atoms with Crippen molar-refractivity contribution in [1.82, 2.24) is 15.0 Å². The van der Waals surface area contributed by atoms with Crippen molar-refractivity contribution in [2.45, 2.75) is 13.1 Å². The molecule has 2 heterocycles. The maximum absolute atomic E-state index is 5.53. The van der Waals surface area contributed by atoms with E-state index in [4.69, 9.17) is 10.2 Å². The first-order valence-corrected chi connectivity index (χ1v) is 5.41. The average molecular weight is 228 g/mol. The number of hydrogen-bond acceptors (Lipinski definition) is 4. The molecule has 86 valence electrons. The van der Waals surface area contributed by atoms with Gasteiger partial charge in [-0.05, 0) is 18.2 Å². The van der Waals surface area contributed by atoms with Crippen molar-refractivity contribution in [3.05, 3.63) is 47.9 Å². The van der Waals surface area contributed by atoms with E-state index in [1.165, 1.54) is 0 Å². The largest absolute Gasteiger partial charge is 0.467 e. The van der Waals surface area contributed by atoms with Crippen LogP contribution in [0.3, 0.4) is 0 Å². The van der Waals surface area contributed by atoms with Gasteiger partial charge in [0.2, 0.25) is 0 Å². The number of fused-ring (bicyclic) bond motifs is 1. The summed E-state index contributed by atoms with van der Waals surface area (Å²) in [5.41, 5.74) is 8.41. The summed E-state index contributed by atoms with van der Waals surface area (Å²) < 4.78 is 7.22. The molecule has 17 heavy (non-hydrogen) atoms. The minimum absolute atomic E-state index is 0.488. The van der Waals surface area contributed by atoms with Gasteiger partial charge in [-0.1, -0.05) is 17.3 Å². The smallest absolute Gasteiger partial charge is 0.125 e. The van der Waals surface area contributed by atoms with Gasteiger partial charge in [-0.2, -0.15) is 0 Å². The third-order valence-corrected chi connectivity index (χ3v) is 2.67. The Hall–Kier alpha value is -2.14. The van der Waals surface area contributed by atoms with Gasteiger partial charge in [0.1, 0.15) is 17.8 Å². The molecule has 0 bridgehead atoms. The molecule has 0 saturated carbocycles. The molecule has 2 N–H and O–H groups in total. The third kappa shape index (κ3) is 1.81. The lowest BCUT2D eigenvalue weighted by molar-refractivity contribution is 0.478. The fraction of sp³-hybridized carbons (Fsp3) is 0.167. The number of benzene rings is 1. The summed E-state index contributed by atoms with van der Waals surface area (Å²) in [7, 11) is 0. The zero-order valence-corrected chi connectivity index (χ0v) is 9.21. The highest BCUT2D eigenvalue weighted by atomic mass is 16.3. The molecule has 5 heteroatoms. The van der Waals surface area contributed by atoms with Crippen molar-refractivity contribution >= 4 is 11.0 Å². The Balaban J connectivity index is 1.94. The van der Waals surface area contributed by atoms with Crippen LogP contribution in [0.2, 0.25) is 0 Å². The number of nitrogens with zero attached hydrogens (tertiary/aromatic N) is 3. The van der Waals surface area contributed by atoms with Crippen molar-refractivity contribution in [2.24, 2.45) is 5.73 Å². The summed E-state index contributed by atoms with van der Waals surface area (Å²) in [4.78, 5) is 0. The summed E-state index contributed by atoms with van der Waals surface area (Å²) in [5.74, 6) is 0.834. The van der Waals surface area contributed by atoms with Crippen molar-refractivity contribution in [1.29, 1.82) is 0 Å². The van der Waals surface area contributed by atoms with Crippen LogP contribution in [0.15, 0.2) is 41.0 Å². The van der Waals surface area contributed by atoms with Crippen LogP contribution in [0.4, 0.5) is 0 Å². The molecule has 0 unspecified atom stereocenters. The Labute approximate surface area is 97.8 Å². The van der Waals surface area contributed by atoms with E-state index < -0.39 is 0 Å². The molecule has 0 aliphatic carbocycles. The summed E-state index contributed by atoms with van der Waals surface area (Å²) in [6, 6.07) is 9.78. The van der Waals surface area contributed by atoms with E-state index in [0.29, 0.717) is 13.1 Å². The molecule has 2 aromatic heterocycles. The molecule has 0 aliphatic rings. The van der Waals surface area contributed by atoms with Crippen molar-refractivity contribution in [3.63, 3.8) is 0 Å². The SMILES string of the molecule is NCc1coc(Cn2nnc3ccccc32)c1. The number of aromatic nitrogens is 3. The molecule has 5 nitrogen and oxygen atoms in total. The van der Waals surface area contributed by atoms with Crippen molar-refractivity contribution < 1.29 is 4.42 Å². The molecule has 0 atom stereocenters. The van der Waals surface area contributed by atoms with Crippen LogP contribution >= 0.6 is 0 Å². The molecule has 3 aromatic rings. The van der Waals surface area contributed by atoms with Gasteiger partial charge in [-0.25, -0.2) is 4.68 Å². The lowest BCUT2D eigenvalue weighted by Crippen LogP contribution is -2.00. The zero-order valence-electron chi connectivity index (χ0n) is 9.21. The quantitative estimate of drug-likeness (QED) is 0.738. The van der Waals surface area contributed by atoms with Gasteiger partial charge < -0.3 is 10.2 Å². The monoisotopic (exact) mass is 228 g/mol. The molecular weight excluding hydrogens is 216 g/mol. The van der Waals surface area contributed by atoms with Crippen molar-refractivity contribution in [3.8, 4) is 0 Å². The summed E-state index contributed by atoms with van der Waals surface area (Å²) in [5, 5.41) is 8.19. The minimum Gasteiger partial charge on any atom is -0.467 e. The Morgan fingerprint density at radius 2 is 2.18 bits per heavy atom. The average Bonchev–Trinajstić information content (AvgIpc) is 2.97. The van der Waals surface area contributed by atoms with Crippen LogP contribution in [-0.4, -0.2) is 15.0 Å². The van der Waals surface area contributed by atoms with E-state index in [0.717, 1.165) is 22.4 Å². The van der Waals surface area contributed by atoms with Gasteiger partial charge >= 0.3 is 0 Å². The first kappa shape index (κ1) is 10.0. The van der Waals surface area contributed by atoms with Crippen molar-refractivity contribution in [2.75, 3.05) is 0 Å². The zero-order chi connectivity index (χ0) is 11.7. The number of rotatable bonds is 3. The molecule has 0 radical (unpaired) electrons. The third-order valence-electron chi connectivity index (χ3n) is 2.67.